The fraction of sp³-hybridized carbons (Fsp3) is 0.333. The molecule has 1 fully saturated rings. The second-order valence-electron chi connectivity index (χ2n) is 11.2. The van der Waals surface area contributed by atoms with E-state index in [9.17, 15) is 19.2 Å². The van der Waals surface area contributed by atoms with Gasteiger partial charge in [0.15, 0.2) is 6.61 Å². The topological polar surface area (TPSA) is 111 Å². The number of benzene rings is 3. The number of nitrogens with one attached hydrogen (secondary N) is 1. The molecule has 0 aromatic heterocycles. The monoisotopic (exact) mass is 568 g/mol. The Hall–Kier alpha value is -4.66. The maximum atomic E-state index is 14.1. The van der Waals surface area contributed by atoms with Crippen molar-refractivity contribution in [2.24, 2.45) is 17.8 Å². The maximum absolute atomic E-state index is 14.1. The van der Waals surface area contributed by atoms with E-state index in [1.165, 1.54) is 14.2 Å². The van der Waals surface area contributed by atoms with Crippen LogP contribution in [0.3, 0.4) is 0 Å². The van der Waals surface area contributed by atoms with Crippen LogP contribution in [-0.2, 0) is 23.9 Å². The molecule has 42 heavy (non-hydrogen) atoms. The number of hydrogen-bond acceptors (Lipinski definition) is 7. The van der Waals surface area contributed by atoms with Gasteiger partial charge in [-0.3, -0.25) is 19.3 Å². The average Bonchev–Trinajstić information content (AvgIpc) is 3.26. The summed E-state index contributed by atoms with van der Waals surface area (Å²) in [6, 6.07) is 19.7. The summed E-state index contributed by atoms with van der Waals surface area (Å²) in [5.41, 5.74) is 4.60. The molecule has 9 nitrogen and oxygen atoms in total. The number of anilines is 1. The fourth-order valence-electron chi connectivity index (χ4n) is 6.96. The molecule has 3 aliphatic carbocycles. The van der Waals surface area contributed by atoms with E-state index in [0.29, 0.717) is 17.2 Å². The third kappa shape index (κ3) is 4.22. The average molecular weight is 569 g/mol. The van der Waals surface area contributed by atoms with E-state index >= 15 is 0 Å². The van der Waals surface area contributed by atoms with Crippen molar-refractivity contribution in [3.05, 3.63) is 89.0 Å². The van der Waals surface area contributed by atoms with E-state index in [1.54, 1.807) is 32.0 Å². The number of nitrogens with zero attached hydrogens (tertiary/aromatic N) is 1. The lowest BCUT2D eigenvalue weighted by atomic mass is 9.55. The van der Waals surface area contributed by atoms with Crippen molar-refractivity contribution in [2.75, 3.05) is 26.1 Å². The normalized spacial score (nSPS) is 22.3. The highest BCUT2D eigenvalue weighted by atomic mass is 16.5. The van der Waals surface area contributed by atoms with Gasteiger partial charge in [0.25, 0.3) is 5.91 Å². The number of likely N-dealkylation sites (tertiary alicyclic amines) is 1. The van der Waals surface area contributed by atoms with Crippen LogP contribution in [0.1, 0.15) is 47.9 Å². The molecule has 1 N–H and O–H groups in total. The van der Waals surface area contributed by atoms with Crippen LogP contribution in [0.5, 0.6) is 11.5 Å². The highest BCUT2D eigenvalue weighted by Gasteiger charge is 2.63. The largest absolute Gasteiger partial charge is 0.497 e. The van der Waals surface area contributed by atoms with Crippen molar-refractivity contribution in [3.8, 4) is 11.5 Å². The lowest BCUT2D eigenvalue weighted by molar-refractivity contribution is -0.162. The molecule has 216 valence electrons. The Bertz CT molecular complexity index is 1480. The quantitative estimate of drug-likeness (QED) is 0.322. The zero-order valence-electron chi connectivity index (χ0n) is 23.8. The minimum absolute atomic E-state index is 0.275. The molecule has 0 saturated carbocycles. The van der Waals surface area contributed by atoms with Crippen molar-refractivity contribution in [1.29, 1.82) is 0 Å². The Morgan fingerprint density at radius 2 is 1.33 bits per heavy atom. The van der Waals surface area contributed by atoms with Gasteiger partial charge in [-0.1, -0.05) is 62.4 Å². The molecule has 2 bridgehead atoms. The molecule has 1 aliphatic heterocycles. The Labute approximate surface area is 243 Å². The summed E-state index contributed by atoms with van der Waals surface area (Å²) in [4.78, 5) is 55.5. The smallest absolute Gasteiger partial charge is 0.330 e. The van der Waals surface area contributed by atoms with Crippen LogP contribution in [0.4, 0.5) is 5.69 Å². The first-order chi connectivity index (χ1) is 20.3. The number of hydrogen-bond donors (Lipinski definition) is 1. The summed E-state index contributed by atoms with van der Waals surface area (Å²) in [5, 5.41) is 2.66. The first kappa shape index (κ1) is 27.5. The zero-order chi connectivity index (χ0) is 29.7. The van der Waals surface area contributed by atoms with Gasteiger partial charge in [-0.05, 0) is 40.3 Å². The van der Waals surface area contributed by atoms with E-state index in [-0.39, 0.29) is 23.7 Å². The van der Waals surface area contributed by atoms with Crippen LogP contribution >= 0.6 is 0 Å². The van der Waals surface area contributed by atoms with Crippen molar-refractivity contribution in [1.82, 2.24) is 4.90 Å². The summed E-state index contributed by atoms with van der Waals surface area (Å²) in [5.74, 6) is -3.39. The van der Waals surface area contributed by atoms with Crippen LogP contribution in [0.15, 0.2) is 66.7 Å². The van der Waals surface area contributed by atoms with Gasteiger partial charge in [-0.15, -0.1) is 0 Å². The minimum atomic E-state index is -1.16. The van der Waals surface area contributed by atoms with Crippen LogP contribution in [-0.4, -0.2) is 55.5 Å². The lowest BCUT2D eigenvalue weighted by Crippen LogP contribution is -2.49. The number of carbonyl (C=O) groups excluding carboxylic acids is 4. The van der Waals surface area contributed by atoms with Gasteiger partial charge in [-0.25, -0.2) is 4.79 Å². The van der Waals surface area contributed by atoms with Crippen LogP contribution < -0.4 is 14.8 Å². The zero-order valence-corrected chi connectivity index (χ0v) is 23.8. The van der Waals surface area contributed by atoms with E-state index in [0.717, 1.165) is 27.2 Å². The first-order valence-corrected chi connectivity index (χ1v) is 14.0. The van der Waals surface area contributed by atoms with Gasteiger partial charge in [0.2, 0.25) is 11.8 Å². The van der Waals surface area contributed by atoms with E-state index in [4.69, 9.17) is 14.2 Å². The third-order valence-electron chi connectivity index (χ3n) is 8.66. The Morgan fingerprint density at radius 3 is 1.79 bits per heavy atom. The van der Waals surface area contributed by atoms with E-state index < -0.39 is 42.3 Å². The second kappa shape index (κ2) is 10.6. The summed E-state index contributed by atoms with van der Waals surface area (Å²) in [7, 11) is 2.98. The lowest BCUT2D eigenvalue weighted by Gasteiger charge is -2.45. The second-order valence-corrected chi connectivity index (χ2v) is 11.2. The van der Waals surface area contributed by atoms with Gasteiger partial charge in [-0.2, -0.15) is 0 Å². The molecular formula is C33H32N2O7. The number of ether oxygens (including phenoxy) is 3. The Kier molecular flexibility index (Phi) is 6.96. The van der Waals surface area contributed by atoms with Crippen LogP contribution in [0.2, 0.25) is 0 Å². The van der Waals surface area contributed by atoms with Crippen molar-refractivity contribution >= 4 is 29.4 Å². The van der Waals surface area contributed by atoms with Crippen LogP contribution in [0, 0.1) is 17.8 Å². The molecule has 1 heterocycles. The molecule has 3 atom stereocenters. The summed E-state index contributed by atoms with van der Waals surface area (Å²) >= 11 is 0. The molecule has 7 rings (SSSR count). The number of methoxy groups -OCH3 is 2. The number of carbonyl (C=O) groups is 4. The van der Waals surface area contributed by atoms with Crippen molar-refractivity contribution in [2.45, 2.75) is 31.7 Å². The SMILES string of the molecule is COc1ccc(NC(=O)COC(=O)[C@H](C(C)C)N2C(=O)[C@H]3C4c5ccccc5C(c5ccccc54)[C@@H]3C2=O)c(OC)c1. The molecule has 0 unspecified atom stereocenters. The molecule has 4 aliphatic rings. The predicted octanol–water partition coefficient (Wildman–Crippen LogP) is 4.10. The highest BCUT2D eigenvalue weighted by molar-refractivity contribution is 6.10. The molecular weight excluding hydrogens is 536 g/mol. The van der Waals surface area contributed by atoms with E-state index in [1.807, 2.05) is 48.5 Å². The van der Waals surface area contributed by atoms with Gasteiger partial charge in [0, 0.05) is 17.9 Å². The first-order valence-electron chi connectivity index (χ1n) is 14.0. The van der Waals surface area contributed by atoms with Crippen molar-refractivity contribution in [3.63, 3.8) is 0 Å². The molecule has 0 spiro atoms. The van der Waals surface area contributed by atoms with Crippen LogP contribution in [0.25, 0.3) is 0 Å². The van der Waals surface area contributed by atoms with Gasteiger partial charge < -0.3 is 19.5 Å². The van der Waals surface area contributed by atoms with Crippen molar-refractivity contribution < 1.29 is 33.4 Å². The Morgan fingerprint density at radius 1 is 0.810 bits per heavy atom. The number of amides is 3. The summed E-state index contributed by atoms with van der Waals surface area (Å²) in [6.07, 6.45) is 0. The molecule has 0 radical (unpaired) electrons. The predicted molar refractivity (Wildman–Crippen MR) is 153 cm³/mol. The standard InChI is InChI=1S/C33H32N2O7/c1-17(2)30(33(39)42-16-25(36)34-23-14-13-18(40-3)15-24(23)41-4)35-31(37)28-26-19-9-5-6-10-20(19)27(29(28)32(35)38)22-12-8-7-11-21(22)26/h5-15,17,26-30H,16H2,1-4H3,(H,34,36)/t26?,27?,28-,29-,30-/m0/s1. The molecule has 3 aromatic rings. The summed E-state index contributed by atoms with van der Waals surface area (Å²) in [6.45, 7) is 2.92. The molecule has 3 aromatic carbocycles. The molecule has 1 saturated heterocycles. The number of esters is 1. The summed E-state index contributed by atoms with van der Waals surface area (Å²) < 4.78 is 15.9. The molecule has 3 amide bonds. The third-order valence-corrected chi connectivity index (χ3v) is 8.66. The number of imide groups is 1. The number of rotatable bonds is 8. The minimum Gasteiger partial charge on any atom is -0.497 e. The van der Waals surface area contributed by atoms with E-state index in [2.05, 4.69) is 5.32 Å². The van der Waals surface area contributed by atoms with Gasteiger partial charge >= 0.3 is 5.97 Å². The fourth-order valence-corrected chi connectivity index (χ4v) is 6.96. The maximum Gasteiger partial charge on any atom is 0.330 e. The molecule has 9 heteroatoms. The van der Waals surface area contributed by atoms with Gasteiger partial charge in [0.05, 0.1) is 31.7 Å². The highest BCUT2D eigenvalue weighted by Crippen LogP contribution is 2.61. The van der Waals surface area contributed by atoms with Gasteiger partial charge in [0.1, 0.15) is 17.5 Å². The Balaban J connectivity index is 1.23.